The van der Waals surface area contributed by atoms with Crippen molar-refractivity contribution in [2.75, 3.05) is 6.61 Å². The van der Waals surface area contributed by atoms with E-state index in [-0.39, 0.29) is 6.04 Å². The van der Waals surface area contributed by atoms with Gasteiger partial charge in [-0.1, -0.05) is 18.2 Å². The zero-order valence-corrected chi connectivity index (χ0v) is 7.86. The number of hydrogen-bond donors (Lipinski definition) is 1. The van der Waals surface area contributed by atoms with Crippen molar-refractivity contribution in [1.29, 1.82) is 0 Å². The van der Waals surface area contributed by atoms with E-state index in [0.29, 0.717) is 6.61 Å². The van der Waals surface area contributed by atoms with Crippen LogP contribution in [0.1, 0.15) is 18.5 Å². The highest BCUT2D eigenvalue weighted by molar-refractivity contribution is 5.31. The largest absolute Gasteiger partial charge is 0.494 e. The van der Waals surface area contributed by atoms with Crippen LogP contribution in [-0.2, 0) is 0 Å². The minimum Gasteiger partial charge on any atom is -0.494 e. The average molecular weight is 177 g/mol. The molecular weight excluding hydrogens is 162 g/mol. The molecule has 1 atom stereocenters. The molecular formula is C11H15NO. The molecule has 0 bridgehead atoms. The zero-order valence-electron chi connectivity index (χ0n) is 7.86. The number of rotatable bonds is 4. The highest BCUT2D eigenvalue weighted by atomic mass is 16.5. The Balaban J connectivity index is 2.84. The summed E-state index contributed by atoms with van der Waals surface area (Å²) in [7, 11) is 0. The van der Waals surface area contributed by atoms with Gasteiger partial charge in [0.05, 0.1) is 6.61 Å². The minimum atomic E-state index is -0.111. The van der Waals surface area contributed by atoms with Gasteiger partial charge in [0, 0.05) is 6.04 Å². The van der Waals surface area contributed by atoms with Gasteiger partial charge in [0.2, 0.25) is 0 Å². The molecule has 70 valence electrons. The summed E-state index contributed by atoms with van der Waals surface area (Å²) in [5.41, 5.74) is 6.81. The lowest BCUT2D eigenvalue weighted by Gasteiger charge is -2.08. The number of nitrogens with two attached hydrogens (primary N) is 1. The molecule has 0 spiro atoms. The fourth-order valence-electron chi connectivity index (χ4n) is 1.11. The van der Waals surface area contributed by atoms with Crippen LogP contribution in [0.25, 0.3) is 0 Å². The predicted molar refractivity (Wildman–Crippen MR) is 54.7 cm³/mol. The first-order chi connectivity index (χ1) is 6.27. The van der Waals surface area contributed by atoms with Gasteiger partial charge in [-0.2, -0.15) is 0 Å². The van der Waals surface area contributed by atoms with Crippen LogP contribution in [0.3, 0.4) is 0 Å². The molecule has 0 aliphatic rings. The highest BCUT2D eigenvalue weighted by Gasteiger charge is 2.01. The number of benzene rings is 1. The molecule has 1 aromatic rings. The Labute approximate surface area is 79.0 Å². The molecule has 1 aromatic carbocycles. The van der Waals surface area contributed by atoms with Crippen LogP contribution in [0.2, 0.25) is 0 Å². The zero-order chi connectivity index (χ0) is 9.68. The second-order valence-corrected chi connectivity index (χ2v) is 2.77. The van der Waals surface area contributed by atoms with E-state index in [1.807, 2.05) is 31.2 Å². The molecule has 0 aliphatic carbocycles. The van der Waals surface area contributed by atoms with Crippen LogP contribution in [0.4, 0.5) is 0 Å². The molecule has 0 fully saturated rings. The van der Waals surface area contributed by atoms with Crippen LogP contribution < -0.4 is 10.5 Å². The van der Waals surface area contributed by atoms with Crippen molar-refractivity contribution < 1.29 is 4.74 Å². The van der Waals surface area contributed by atoms with Crippen molar-refractivity contribution in [2.24, 2.45) is 5.73 Å². The van der Waals surface area contributed by atoms with Crippen LogP contribution >= 0.6 is 0 Å². The number of hydrogen-bond acceptors (Lipinski definition) is 2. The molecule has 0 aromatic heterocycles. The standard InChI is InChI=1S/C11H15NO/c1-3-11(12)9-6-5-7-10(8-9)13-4-2/h3,5-8,11H,1,4,12H2,2H3/t11-/m1/s1. The van der Waals surface area contributed by atoms with Gasteiger partial charge >= 0.3 is 0 Å². The van der Waals surface area contributed by atoms with E-state index in [1.54, 1.807) is 6.08 Å². The van der Waals surface area contributed by atoms with E-state index >= 15 is 0 Å². The lowest BCUT2D eigenvalue weighted by Crippen LogP contribution is -2.06. The van der Waals surface area contributed by atoms with Crippen molar-refractivity contribution in [3.63, 3.8) is 0 Å². The molecule has 0 amide bonds. The Morgan fingerprint density at radius 1 is 1.62 bits per heavy atom. The predicted octanol–water partition coefficient (Wildman–Crippen LogP) is 2.27. The van der Waals surface area contributed by atoms with Crippen molar-refractivity contribution in [2.45, 2.75) is 13.0 Å². The summed E-state index contributed by atoms with van der Waals surface area (Å²) in [4.78, 5) is 0. The molecule has 0 saturated heterocycles. The number of ether oxygens (including phenoxy) is 1. The summed E-state index contributed by atoms with van der Waals surface area (Å²) in [5.74, 6) is 0.859. The third-order valence-corrected chi connectivity index (χ3v) is 1.81. The highest BCUT2D eigenvalue weighted by Crippen LogP contribution is 2.18. The van der Waals surface area contributed by atoms with Crippen LogP contribution in [0.5, 0.6) is 5.75 Å². The van der Waals surface area contributed by atoms with Gasteiger partial charge in [-0.15, -0.1) is 6.58 Å². The molecule has 0 radical (unpaired) electrons. The summed E-state index contributed by atoms with van der Waals surface area (Å²) in [6.07, 6.45) is 1.71. The van der Waals surface area contributed by atoms with Crippen molar-refractivity contribution in [3.05, 3.63) is 42.5 Å². The first kappa shape index (κ1) is 9.81. The van der Waals surface area contributed by atoms with Gasteiger partial charge in [-0.05, 0) is 24.6 Å². The van der Waals surface area contributed by atoms with E-state index in [0.717, 1.165) is 11.3 Å². The van der Waals surface area contributed by atoms with Gasteiger partial charge in [-0.25, -0.2) is 0 Å². The van der Waals surface area contributed by atoms with E-state index in [1.165, 1.54) is 0 Å². The van der Waals surface area contributed by atoms with Crippen LogP contribution in [0, 0.1) is 0 Å². The minimum absolute atomic E-state index is 0.111. The van der Waals surface area contributed by atoms with Crippen LogP contribution in [-0.4, -0.2) is 6.61 Å². The van der Waals surface area contributed by atoms with Gasteiger partial charge in [0.15, 0.2) is 0 Å². The maximum Gasteiger partial charge on any atom is 0.119 e. The third-order valence-electron chi connectivity index (χ3n) is 1.81. The molecule has 0 saturated carbocycles. The summed E-state index contributed by atoms with van der Waals surface area (Å²) in [5, 5.41) is 0. The summed E-state index contributed by atoms with van der Waals surface area (Å²) >= 11 is 0. The van der Waals surface area contributed by atoms with Gasteiger partial charge in [-0.3, -0.25) is 0 Å². The first-order valence-electron chi connectivity index (χ1n) is 4.38. The van der Waals surface area contributed by atoms with Gasteiger partial charge < -0.3 is 10.5 Å². The molecule has 0 heterocycles. The molecule has 2 N–H and O–H groups in total. The quantitative estimate of drug-likeness (QED) is 0.716. The Morgan fingerprint density at radius 3 is 3.00 bits per heavy atom. The van der Waals surface area contributed by atoms with Gasteiger partial charge in [0.1, 0.15) is 5.75 Å². The van der Waals surface area contributed by atoms with Crippen molar-refractivity contribution in [3.8, 4) is 5.75 Å². The fourth-order valence-corrected chi connectivity index (χ4v) is 1.11. The molecule has 2 heteroatoms. The SMILES string of the molecule is C=C[C@@H](N)c1cccc(OCC)c1. The van der Waals surface area contributed by atoms with Crippen molar-refractivity contribution >= 4 is 0 Å². The Hall–Kier alpha value is -1.28. The normalized spacial score (nSPS) is 12.2. The average Bonchev–Trinajstić information content (AvgIpc) is 2.18. The topological polar surface area (TPSA) is 35.2 Å². The van der Waals surface area contributed by atoms with E-state index in [9.17, 15) is 0 Å². The Morgan fingerprint density at radius 2 is 2.38 bits per heavy atom. The summed E-state index contributed by atoms with van der Waals surface area (Å²) in [6, 6.07) is 7.65. The fraction of sp³-hybridized carbons (Fsp3) is 0.273. The maximum atomic E-state index is 5.79. The Bertz CT molecular complexity index is 283. The molecule has 2 nitrogen and oxygen atoms in total. The lowest BCUT2D eigenvalue weighted by atomic mass is 10.1. The monoisotopic (exact) mass is 177 g/mol. The van der Waals surface area contributed by atoms with E-state index in [2.05, 4.69) is 6.58 Å². The molecule has 1 rings (SSSR count). The first-order valence-corrected chi connectivity index (χ1v) is 4.38. The van der Waals surface area contributed by atoms with E-state index < -0.39 is 0 Å². The lowest BCUT2D eigenvalue weighted by molar-refractivity contribution is 0.340. The molecule has 0 unspecified atom stereocenters. The summed E-state index contributed by atoms with van der Waals surface area (Å²) in [6.45, 7) is 6.28. The molecule has 13 heavy (non-hydrogen) atoms. The Kier molecular flexibility index (Phi) is 3.53. The third kappa shape index (κ3) is 2.60. The van der Waals surface area contributed by atoms with E-state index in [4.69, 9.17) is 10.5 Å². The van der Waals surface area contributed by atoms with Gasteiger partial charge in [0.25, 0.3) is 0 Å². The second-order valence-electron chi connectivity index (χ2n) is 2.77. The van der Waals surface area contributed by atoms with Crippen molar-refractivity contribution in [1.82, 2.24) is 0 Å². The molecule has 0 aliphatic heterocycles. The summed E-state index contributed by atoms with van der Waals surface area (Å²) < 4.78 is 5.35. The smallest absolute Gasteiger partial charge is 0.119 e. The van der Waals surface area contributed by atoms with Crippen LogP contribution in [0.15, 0.2) is 36.9 Å². The second kappa shape index (κ2) is 4.67. The maximum absolute atomic E-state index is 5.79.